The molecule has 1 N–H and O–H groups in total. The van der Waals surface area contributed by atoms with Crippen molar-refractivity contribution in [2.24, 2.45) is 0 Å². The number of nitrogens with zero attached hydrogens (tertiary/aromatic N) is 3. The van der Waals surface area contributed by atoms with Gasteiger partial charge in [0.2, 0.25) is 0 Å². The van der Waals surface area contributed by atoms with Crippen molar-refractivity contribution in [2.45, 2.75) is 0 Å². The van der Waals surface area contributed by atoms with Crippen LogP contribution < -0.4 is 0 Å². The van der Waals surface area contributed by atoms with Crippen molar-refractivity contribution in [3.05, 3.63) is 43.1 Å². The molecule has 0 saturated carbocycles. The van der Waals surface area contributed by atoms with Gasteiger partial charge in [0, 0.05) is 22.7 Å². The maximum atomic E-state index is 4.13. The lowest BCUT2D eigenvalue weighted by molar-refractivity contribution is 1.06. The van der Waals surface area contributed by atoms with Crippen LogP contribution in [0.25, 0.3) is 22.3 Å². The van der Waals surface area contributed by atoms with Crippen molar-refractivity contribution in [1.82, 2.24) is 19.9 Å². The minimum Gasteiger partial charge on any atom is -0.360 e. The van der Waals surface area contributed by atoms with E-state index in [-0.39, 0.29) is 0 Å². The van der Waals surface area contributed by atoms with Gasteiger partial charge < -0.3 is 4.98 Å². The first-order valence-corrected chi connectivity index (χ1v) is 4.63. The van der Waals surface area contributed by atoms with E-state index < -0.39 is 0 Å². The van der Waals surface area contributed by atoms with Crippen LogP contribution in [0.3, 0.4) is 0 Å². The fourth-order valence-electron chi connectivity index (χ4n) is 1.63. The predicted molar refractivity (Wildman–Crippen MR) is 57.1 cm³/mol. The third-order valence-electron chi connectivity index (χ3n) is 2.32. The van der Waals surface area contributed by atoms with Gasteiger partial charge in [0.05, 0.1) is 0 Å². The first-order chi connectivity index (χ1) is 7.45. The molecule has 0 aliphatic carbocycles. The monoisotopic (exact) mass is 196 g/mol. The Balaban J connectivity index is 2.28. The molecule has 0 radical (unpaired) electrons. The molecule has 0 fully saturated rings. The Morgan fingerprint density at radius 2 is 1.80 bits per heavy atom. The summed E-state index contributed by atoms with van der Waals surface area (Å²) in [6, 6.07) is 8.07. The van der Waals surface area contributed by atoms with Crippen molar-refractivity contribution >= 4 is 10.9 Å². The summed E-state index contributed by atoms with van der Waals surface area (Å²) in [5.74, 6) is 0.697. The summed E-state index contributed by atoms with van der Waals surface area (Å²) in [5, 5.41) is 1.13. The molecule has 0 atom stereocenters. The van der Waals surface area contributed by atoms with Gasteiger partial charge in [-0.15, -0.1) is 0 Å². The van der Waals surface area contributed by atoms with E-state index in [2.05, 4.69) is 19.9 Å². The topological polar surface area (TPSA) is 54.5 Å². The van der Waals surface area contributed by atoms with E-state index in [4.69, 9.17) is 0 Å². The van der Waals surface area contributed by atoms with Crippen molar-refractivity contribution < 1.29 is 0 Å². The fraction of sp³-hybridized carbons (Fsp3) is 0. The van der Waals surface area contributed by atoms with Crippen molar-refractivity contribution in [3.63, 3.8) is 0 Å². The summed E-state index contributed by atoms with van der Waals surface area (Å²) >= 11 is 0. The predicted octanol–water partition coefficient (Wildman–Crippen LogP) is 2.02. The number of H-pyrrole nitrogens is 1. The maximum absolute atomic E-state index is 4.13. The van der Waals surface area contributed by atoms with E-state index in [1.54, 1.807) is 0 Å². The molecule has 0 aliphatic heterocycles. The van der Waals surface area contributed by atoms with Crippen LogP contribution in [-0.2, 0) is 0 Å². The van der Waals surface area contributed by atoms with Crippen molar-refractivity contribution in [1.29, 1.82) is 0 Å². The molecule has 15 heavy (non-hydrogen) atoms. The highest BCUT2D eigenvalue weighted by atomic mass is 15.0. The smallest absolute Gasteiger partial charge is 0.164 e. The minimum absolute atomic E-state index is 0.697. The highest BCUT2D eigenvalue weighted by Crippen LogP contribution is 2.24. The van der Waals surface area contributed by atoms with Crippen LogP contribution in [0.5, 0.6) is 0 Å². The first-order valence-electron chi connectivity index (χ1n) is 4.63. The van der Waals surface area contributed by atoms with Gasteiger partial charge >= 0.3 is 0 Å². The summed E-state index contributed by atoms with van der Waals surface area (Å²) in [6.45, 7) is 0. The molecule has 0 saturated heterocycles. The zero-order valence-electron chi connectivity index (χ0n) is 7.88. The lowest BCUT2D eigenvalue weighted by Gasteiger charge is -1.95. The second-order valence-corrected chi connectivity index (χ2v) is 3.21. The molecule has 0 aliphatic rings. The number of benzene rings is 1. The zero-order chi connectivity index (χ0) is 10.1. The molecule has 2 heterocycles. The zero-order valence-corrected chi connectivity index (χ0v) is 7.88. The SMILES string of the molecule is c1ccc2c(-c3ncncn3)c[nH]c2c1. The number of fused-ring (bicyclic) bond motifs is 1. The lowest BCUT2D eigenvalue weighted by atomic mass is 10.2. The average Bonchev–Trinajstić information content (AvgIpc) is 2.74. The third kappa shape index (κ3) is 1.27. The van der Waals surface area contributed by atoms with Crippen molar-refractivity contribution in [3.8, 4) is 11.4 Å². The van der Waals surface area contributed by atoms with E-state index in [0.29, 0.717) is 5.82 Å². The Bertz CT molecular complexity index is 586. The number of nitrogens with one attached hydrogen (secondary N) is 1. The number of rotatable bonds is 1. The van der Waals surface area contributed by atoms with Crippen LogP contribution in [0.2, 0.25) is 0 Å². The van der Waals surface area contributed by atoms with Crippen molar-refractivity contribution in [2.75, 3.05) is 0 Å². The highest BCUT2D eigenvalue weighted by Gasteiger charge is 2.06. The van der Waals surface area contributed by atoms with E-state index in [0.717, 1.165) is 16.5 Å². The van der Waals surface area contributed by atoms with Gasteiger partial charge in [-0.3, -0.25) is 0 Å². The number of aromatic nitrogens is 4. The van der Waals surface area contributed by atoms with Gasteiger partial charge in [-0.1, -0.05) is 18.2 Å². The number of hydrogen-bond donors (Lipinski definition) is 1. The molecule has 0 unspecified atom stereocenters. The van der Waals surface area contributed by atoms with E-state index in [1.165, 1.54) is 12.7 Å². The van der Waals surface area contributed by atoms with Crippen LogP contribution in [0.1, 0.15) is 0 Å². The number of para-hydroxylation sites is 1. The number of hydrogen-bond acceptors (Lipinski definition) is 3. The Hall–Kier alpha value is -2.23. The second kappa shape index (κ2) is 3.16. The lowest BCUT2D eigenvalue weighted by Crippen LogP contribution is -1.87. The van der Waals surface area contributed by atoms with Crippen LogP contribution in [-0.4, -0.2) is 19.9 Å². The van der Waals surface area contributed by atoms with Gasteiger partial charge in [0.1, 0.15) is 12.7 Å². The summed E-state index contributed by atoms with van der Waals surface area (Å²) < 4.78 is 0. The van der Waals surface area contributed by atoms with Gasteiger partial charge in [-0.05, 0) is 6.07 Å². The molecule has 2 aromatic heterocycles. The Morgan fingerprint density at radius 3 is 2.67 bits per heavy atom. The summed E-state index contributed by atoms with van der Waals surface area (Å²) in [7, 11) is 0. The molecule has 0 amide bonds. The van der Waals surface area contributed by atoms with Gasteiger partial charge in [0.15, 0.2) is 5.82 Å². The van der Waals surface area contributed by atoms with Gasteiger partial charge in [0.25, 0.3) is 0 Å². The molecule has 0 spiro atoms. The summed E-state index contributed by atoms with van der Waals surface area (Å²) in [5.41, 5.74) is 2.10. The molecule has 4 nitrogen and oxygen atoms in total. The molecule has 4 heteroatoms. The molecule has 3 aromatic rings. The quantitative estimate of drug-likeness (QED) is 0.647. The van der Waals surface area contributed by atoms with E-state index in [9.17, 15) is 0 Å². The molecule has 0 bridgehead atoms. The van der Waals surface area contributed by atoms with Crippen LogP contribution in [0, 0.1) is 0 Å². The maximum Gasteiger partial charge on any atom is 0.164 e. The molecular formula is C11H8N4. The van der Waals surface area contributed by atoms with E-state index >= 15 is 0 Å². The summed E-state index contributed by atoms with van der Waals surface area (Å²) in [4.78, 5) is 15.2. The number of aromatic amines is 1. The highest BCUT2D eigenvalue weighted by molar-refractivity contribution is 5.93. The Labute approximate surface area is 86.0 Å². The first kappa shape index (κ1) is 8.11. The third-order valence-corrected chi connectivity index (χ3v) is 2.32. The second-order valence-electron chi connectivity index (χ2n) is 3.21. The summed E-state index contributed by atoms with van der Waals surface area (Å²) in [6.07, 6.45) is 4.92. The van der Waals surface area contributed by atoms with Crippen LogP contribution in [0.15, 0.2) is 43.1 Å². The Morgan fingerprint density at radius 1 is 1.00 bits per heavy atom. The molecule has 72 valence electrons. The van der Waals surface area contributed by atoms with E-state index in [1.807, 2.05) is 30.5 Å². The fourth-order valence-corrected chi connectivity index (χ4v) is 1.63. The standard InChI is InChI=1S/C11H8N4/c1-2-4-10-8(3-1)9(5-13-10)11-14-6-12-7-15-11/h1-7,13H. The normalized spacial score (nSPS) is 10.7. The minimum atomic E-state index is 0.697. The molecule has 3 rings (SSSR count). The molecular weight excluding hydrogens is 188 g/mol. The van der Waals surface area contributed by atoms with Gasteiger partial charge in [-0.25, -0.2) is 15.0 Å². The van der Waals surface area contributed by atoms with Crippen LogP contribution >= 0.6 is 0 Å². The average molecular weight is 196 g/mol. The Kier molecular flexibility index (Phi) is 1.71. The van der Waals surface area contributed by atoms with Crippen LogP contribution in [0.4, 0.5) is 0 Å². The molecule has 1 aromatic carbocycles. The van der Waals surface area contributed by atoms with Gasteiger partial charge in [-0.2, -0.15) is 0 Å². The largest absolute Gasteiger partial charge is 0.360 e.